The average molecular weight is 542 g/mol. The predicted molar refractivity (Wildman–Crippen MR) is 154 cm³/mol. The highest BCUT2D eigenvalue weighted by molar-refractivity contribution is 7.93. The number of nitrogens with two attached hydrogens (primary N) is 1. The fraction of sp³-hybridized carbons (Fsp3) is 0.207. The van der Waals surface area contributed by atoms with Gasteiger partial charge in [0.05, 0.1) is 29.3 Å². The van der Waals surface area contributed by atoms with Gasteiger partial charge in [0.25, 0.3) is 10.0 Å². The van der Waals surface area contributed by atoms with Crippen molar-refractivity contribution in [2.75, 3.05) is 10.8 Å². The summed E-state index contributed by atoms with van der Waals surface area (Å²) in [6.07, 6.45) is 5.13. The van der Waals surface area contributed by atoms with Crippen molar-refractivity contribution in [1.29, 1.82) is 5.26 Å². The Morgan fingerprint density at radius 1 is 1.03 bits per heavy atom. The van der Waals surface area contributed by atoms with Gasteiger partial charge < -0.3 is 5.84 Å². The molecule has 0 amide bonds. The van der Waals surface area contributed by atoms with Crippen LogP contribution in [0, 0.1) is 11.3 Å². The largest absolute Gasteiger partial charge is 0.323 e. The van der Waals surface area contributed by atoms with E-state index < -0.39 is 10.0 Å². The summed E-state index contributed by atoms with van der Waals surface area (Å²) in [7, 11) is -4.10. The average Bonchev–Trinajstić information content (AvgIpc) is 3.33. The minimum atomic E-state index is -4.10. The van der Waals surface area contributed by atoms with Gasteiger partial charge in [0.15, 0.2) is 0 Å². The molecule has 1 aromatic heterocycles. The Morgan fingerprint density at radius 2 is 1.76 bits per heavy atom. The summed E-state index contributed by atoms with van der Waals surface area (Å²) in [5, 5.41) is 15.8. The van der Waals surface area contributed by atoms with E-state index in [1.54, 1.807) is 18.2 Å². The number of nitrogens with zero attached hydrogens (tertiary/aromatic N) is 4. The van der Waals surface area contributed by atoms with Crippen LogP contribution in [-0.4, -0.2) is 26.9 Å². The molecule has 5 rings (SSSR count). The number of hydrazone groups is 1. The molecule has 1 aliphatic carbocycles. The molecule has 7 nitrogen and oxygen atoms in total. The third-order valence-corrected chi connectivity index (χ3v) is 9.87. The monoisotopic (exact) mass is 541 g/mol. The Balaban J connectivity index is 1.59. The number of sulfonamides is 1. The Kier molecular flexibility index (Phi) is 7.54. The van der Waals surface area contributed by atoms with E-state index in [1.807, 2.05) is 54.6 Å². The number of hydrogen-bond acceptors (Lipinski definition) is 7. The second-order valence-electron chi connectivity index (χ2n) is 9.07. The molecule has 0 bridgehead atoms. The lowest BCUT2D eigenvalue weighted by atomic mass is 9.96. The normalized spacial score (nSPS) is 13.9. The minimum absolute atomic E-state index is 0.144. The molecule has 0 radical (unpaired) electrons. The smallest absolute Gasteiger partial charge is 0.265 e. The van der Waals surface area contributed by atoms with Crippen LogP contribution >= 0.6 is 11.3 Å². The van der Waals surface area contributed by atoms with Gasteiger partial charge >= 0.3 is 0 Å². The second kappa shape index (κ2) is 11.2. The summed E-state index contributed by atoms with van der Waals surface area (Å²) in [5.74, 6) is 5.73. The van der Waals surface area contributed by atoms with E-state index >= 15 is 0 Å². The highest BCUT2D eigenvalue weighted by Gasteiger charge is 2.33. The maximum Gasteiger partial charge on any atom is 0.265 e. The molecule has 192 valence electrons. The van der Waals surface area contributed by atoms with E-state index in [1.165, 1.54) is 21.9 Å². The van der Waals surface area contributed by atoms with E-state index in [0.717, 1.165) is 47.1 Å². The zero-order valence-electron chi connectivity index (χ0n) is 20.7. The summed E-state index contributed by atoms with van der Waals surface area (Å²) in [4.78, 5) is 5.70. The zero-order chi connectivity index (χ0) is 26.5. The molecule has 0 saturated carbocycles. The molecule has 0 atom stereocenters. The molecule has 2 N–H and O–H groups in total. The van der Waals surface area contributed by atoms with Gasteiger partial charge in [0.2, 0.25) is 0 Å². The highest BCUT2D eigenvalue weighted by atomic mass is 32.2. The van der Waals surface area contributed by atoms with Crippen molar-refractivity contribution in [1.82, 2.24) is 0 Å². The van der Waals surface area contributed by atoms with Crippen molar-refractivity contribution in [3.05, 3.63) is 94.4 Å². The third-order valence-electron chi connectivity index (χ3n) is 6.64. The first-order valence-corrected chi connectivity index (χ1v) is 14.6. The van der Waals surface area contributed by atoms with Crippen LogP contribution in [0.3, 0.4) is 0 Å². The first-order valence-electron chi connectivity index (χ1n) is 12.4. The molecule has 1 aliphatic rings. The number of nitriles is 1. The number of fused-ring (bicyclic) bond motifs is 2. The van der Waals surface area contributed by atoms with E-state index in [2.05, 4.69) is 16.2 Å². The number of hydrogen-bond donors (Lipinski definition) is 1. The van der Waals surface area contributed by atoms with Gasteiger partial charge in [-0.05, 0) is 48.3 Å². The van der Waals surface area contributed by atoms with Gasteiger partial charge in [-0.15, -0.1) is 11.3 Å². The number of anilines is 1. The van der Waals surface area contributed by atoms with Gasteiger partial charge in [-0.3, -0.25) is 4.99 Å². The molecule has 0 saturated heterocycles. The summed E-state index contributed by atoms with van der Waals surface area (Å²) >= 11 is 1.38. The first kappa shape index (κ1) is 25.6. The molecule has 1 heterocycles. The SMILES string of the molecule is N#Cc1c(N(C/C(C=NCc2ccccc2)=N/N)S(=O)(=O)c2cccc3ccccc23)sc2c1CCCC2. The molecular weight excluding hydrogens is 514 g/mol. The van der Waals surface area contributed by atoms with Gasteiger partial charge in [-0.1, -0.05) is 66.7 Å². The topological polar surface area (TPSA) is 112 Å². The lowest BCUT2D eigenvalue weighted by Crippen LogP contribution is -2.36. The standard InChI is InChI=1S/C29H27N5O2S2/c30-17-26-25-14-6-7-15-27(25)37-29(26)34(20-23(33-31)19-32-18-21-9-2-1-3-10-21)38(35,36)28-16-8-12-22-11-4-5-13-24(22)28/h1-5,8-13,16,19H,6-7,14-15,18,20,31H2/b32-19?,33-23+. The molecule has 0 aliphatic heterocycles. The third kappa shape index (κ3) is 5.05. The lowest BCUT2D eigenvalue weighted by Gasteiger charge is -2.24. The van der Waals surface area contributed by atoms with Crippen LogP contribution in [0.25, 0.3) is 10.8 Å². The molecule has 4 aromatic rings. The van der Waals surface area contributed by atoms with Crippen molar-refractivity contribution < 1.29 is 8.42 Å². The Morgan fingerprint density at radius 3 is 2.55 bits per heavy atom. The predicted octanol–water partition coefficient (Wildman–Crippen LogP) is 5.43. The quantitative estimate of drug-likeness (QED) is 0.182. The van der Waals surface area contributed by atoms with Crippen LogP contribution in [0.5, 0.6) is 0 Å². The van der Waals surface area contributed by atoms with Crippen molar-refractivity contribution in [3.8, 4) is 6.07 Å². The Hall–Kier alpha value is -4.00. The van der Waals surface area contributed by atoms with Gasteiger partial charge in [-0.25, -0.2) is 12.7 Å². The van der Waals surface area contributed by atoms with E-state index in [0.29, 0.717) is 28.2 Å². The van der Waals surface area contributed by atoms with Crippen LogP contribution in [0.2, 0.25) is 0 Å². The molecule has 9 heteroatoms. The van der Waals surface area contributed by atoms with Crippen molar-refractivity contribution >= 4 is 49.1 Å². The number of aryl methyl sites for hydroxylation is 1. The molecule has 38 heavy (non-hydrogen) atoms. The van der Waals surface area contributed by atoms with Gasteiger partial charge in [0, 0.05) is 16.5 Å². The maximum absolute atomic E-state index is 14.4. The number of aliphatic imine (C=N–C) groups is 1. The van der Waals surface area contributed by atoms with Crippen molar-refractivity contribution in [2.24, 2.45) is 15.9 Å². The zero-order valence-corrected chi connectivity index (χ0v) is 22.4. The fourth-order valence-corrected chi connectivity index (χ4v) is 7.96. The minimum Gasteiger partial charge on any atom is -0.323 e. The highest BCUT2D eigenvalue weighted by Crippen LogP contribution is 2.42. The van der Waals surface area contributed by atoms with Crippen LogP contribution in [0.4, 0.5) is 5.00 Å². The lowest BCUT2D eigenvalue weighted by molar-refractivity contribution is 0.594. The Labute approximate surface area is 226 Å². The molecule has 0 unspecified atom stereocenters. The first-order chi connectivity index (χ1) is 18.5. The number of thiophene rings is 1. The summed E-state index contributed by atoms with van der Waals surface area (Å²) in [5.41, 5.74) is 2.69. The second-order valence-corrected chi connectivity index (χ2v) is 12.0. The van der Waals surface area contributed by atoms with Crippen molar-refractivity contribution in [2.45, 2.75) is 37.1 Å². The molecule has 0 spiro atoms. The van der Waals surface area contributed by atoms with Gasteiger partial charge in [-0.2, -0.15) is 10.4 Å². The van der Waals surface area contributed by atoms with E-state index in [4.69, 9.17) is 5.84 Å². The molecule has 3 aromatic carbocycles. The van der Waals surface area contributed by atoms with Crippen LogP contribution < -0.4 is 10.1 Å². The van der Waals surface area contributed by atoms with Gasteiger partial charge in [0.1, 0.15) is 11.1 Å². The number of benzene rings is 3. The Bertz CT molecular complexity index is 1660. The number of rotatable bonds is 8. The molecule has 0 fully saturated rings. The van der Waals surface area contributed by atoms with Crippen LogP contribution in [0.15, 0.2) is 87.8 Å². The van der Waals surface area contributed by atoms with Crippen LogP contribution in [-0.2, 0) is 29.4 Å². The summed E-state index contributed by atoms with van der Waals surface area (Å²) in [6.45, 7) is 0.265. The summed E-state index contributed by atoms with van der Waals surface area (Å²) < 4.78 is 30.0. The fourth-order valence-electron chi connectivity index (χ4n) is 4.75. The van der Waals surface area contributed by atoms with Crippen molar-refractivity contribution in [3.63, 3.8) is 0 Å². The van der Waals surface area contributed by atoms with E-state index in [9.17, 15) is 13.7 Å². The van der Waals surface area contributed by atoms with Crippen LogP contribution in [0.1, 0.15) is 34.4 Å². The van der Waals surface area contributed by atoms with E-state index in [-0.39, 0.29) is 11.4 Å². The summed E-state index contributed by atoms with van der Waals surface area (Å²) in [6, 6.07) is 24.6. The maximum atomic E-state index is 14.4. The molecular formula is C29H27N5O2S2.